The van der Waals surface area contributed by atoms with E-state index in [1.165, 1.54) is 30.6 Å². The number of nitrogens with zero attached hydrogens (tertiary/aromatic N) is 4. The Labute approximate surface area is 389 Å². The molecule has 19 nitrogen and oxygen atoms in total. The lowest BCUT2D eigenvalue weighted by atomic mass is 9.91. The van der Waals surface area contributed by atoms with Crippen molar-refractivity contribution in [2.45, 2.75) is 69.6 Å². The number of ether oxygens (including phenoxy) is 3. The second kappa shape index (κ2) is 23.5. The summed E-state index contributed by atoms with van der Waals surface area (Å²) in [4.78, 5) is 80.6. The van der Waals surface area contributed by atoms with Crippen LogP contribution in [0.15, 0.2) is 66.9 Å². The molecule has 0 spiro atoms. The SMILES string of the molecule is Cc1nc(-c2ccc(C3CCOCC3)cc2)ncc1C(=O)NC(CCN)C(=O)N(C)[C@@H]1C(=O)N[C@@H](C)C(=O)N[C@H](C(=O)NCC#N)Cc2ccc(OCCN)c(c2)-c2cc1ccc2OCCN. The Balaban J connectivity index is 1.34. The molecule has 10 N–H and O–H groups in total. The molecule has 4 aromatic rings. The van der Waals surface area contributed by atoms with E-state index in [1.807, 2.05) is 18.2 Å². The van der Waals surface area contributed by atoms with Crippen LogP contribution in [-0.4, -0.2) is 122 Å². The van der Waals surface area contributed by atoms with Gasteiger partial charge in [0.2, 0.25) is 23.6 Å². The Morgan fingerprint density at radius 3 is 2.21 bits per heavy atom. The predicted molar refractivity (Wildman–Crippen MR) is 248 cm³/mol. The van der Waals surface area contributed by atoms with Crippen molar-refractivity contribution in [3.8, 4) is 40.1 Å². The molecular weight excluding hydrogens is 859 g/mol. The van der Waals surface area contributed by atoms with E-state index in [1.54, 1.807) is 43.3 Å². The number of carbonyl (C=O) groups is 5. The minimum atomic E-state index is -1.40. The van der Waals surface area contributed by atoms with Crippen LogP contribution in [0.25, 0.3) is 22.5 Å². The van der Waals surface area contributed by atoms with Crippen LogP contribution in [0.4, 0.5) is 0 Å². The van der Waals surface area contributed by atoms with E-state index in [0.29, 0.717) is 51.2 Å². The van der Waals surface area contributed by atoms with Gasteiger partial charge in [-0.25, -0.2) is 9.97 Å². The van der Waals surface area contributed by atoms with Crippen LogP contribution in [0.1, 0.15) is 70.9 Å². The van der Waals surface area contributed by atoms with Gasteiger partial charge >= 0.3 is 0 Å². The number of hydrogen-bond acceptors (Lipinski definition) is 14. The molecule has 3 heterocycles. The number of amides is 5. The van der Waals surface area contributed by atoms with Crippen LogP contribution in [0, 0.1) is 18.3 Å². The van der Waals surface area contributed by atoms with E-state index < -0.39 is 53.7 Å². The van der Waals surface area contributed by atoms with Gasteiger partial charge in [0.15, 0.2) is 5.82 Å². The van der Waals surface area contributed by atoms with Gasteiger partial charge in [0.05, 0.1) is 17.3 Å². The molecule has 1 unspecified atom stereocenters. The maximum atomic E-state index is 14.7. The van der Waals surface area contributed by atoms with E-state index in [9.17, 15) is 24.0 Å². The van der Waals surface area contributed by atoms with Gasteiger partial charge in [-0.3, -0.25) is 24.0 Å². The van der Waals surface area contributed by atoms with Gasteiger partial charge in [-0.05, 0) is 86.5 Å². The smallest absolute Gasteiger partial charge is 0.255 e. The van der Waals surface area contributed by atoms with E-state index in [4.69, 9.17) is 36.7 Å². The van der Waals surface area contributed by atoms with Gasteiger partial charge in [0.25, 0.3) is 5.91 Å². The van der Waals surface area contributed by atoms with E-state index in [0.717, 1.165) is 31.6 Å². The first-order valence-electron chi connectivity index (χ1n) is 22.3. The van der Waals surface area contributed by atoms with Gasteiger partial charge in [-0.1, -0.05) is 36.4 Å². The van der Waals surface area contributed by atoms with Crippen molar-refractivity contribution in [1.29, 1.82) is 5.26 Å². The van der Waals surface area contributed by atoms with Crippen LogP contribution in [0.5, 0.6) is 11.5 Å². The zero-order valence-electron chi connectivity index (χ0n) is 38.0. The first-order chi connectivity index (χ1) is 32.4. The van der Waals surface area contributed by atoms with Crippen molar-refractivity contribution < 1.29 is 38.2 Å². The maximum absolute atomic E-state index is 14.7. The Morgan fingerprint density at radius 1 is 0.910 bits per heavy atom. The van der Waals surface area contributed by atoms with Gasteiger partial charge in [-0.15, -0.1) is 0 Å². The zero-order chi connectivity index (χ0) is 48.0. The number of hydrogen-bond donors (Lipinski definition) is 7. The normalized spacial score (nSPS) is 18.0. The third kappa shape index (κ3) is 12.3. The van der Waals surface area contributed by atoms with Crippen molar-refractivity contribution in [3.63, 3.8) is 0 Å². The summed E-state index contributed by atoms with van der Waals surface area (Å²) in [5, 5.41) is 19.9. The highest BCUT2D eigenvalue weighted by molar-refractivity contribution is 6.00. The van der Waals surface area contributed by atoms with Gasteiger partial charge in [-0.2, -0.15) is 5.26 Å². The number of aryl methyl sites for hydroxylation is 1. The van der Waals surface area contributed by atoms with Gasteiger partial charge < -0.3 is 57.6 Å². The fourth-order valence-electron chi connectivity index (χ4n) is 8.13. The number of fused-ring (bicyclic) bond motifs is 5. The molecule has 2 aliphatic heterocycles. The van der Waals surface area contributed by atoms with Crippen LogP contribution >= 0.6 is 0 Å². The molecule has 354 valence electrons. The summed E-state index contributed by atoms with van der Waals surface area (Å²) in [7, 11) is 1.41. The Kier molecular flexibility index (Phi) is 17.3. The predicted octanol–water partition coefficient (Wildman–Crippen LogP) is 1.52. The zero-order valence-corrected chi connectivity index (χ0v) is 38.0. The first kappa shape index (κ1) is 49.5. The first-order valence-corrected chi connectivity index (χ1v) is 22.3. The number of nitriles is 1. The van der Waals surface area contributed by atoms with E-state index in [-0.39, 0.29) is 57.8 Å². The highest BCUT2D eigenvalue weighted by Gasteiger charge is 2.36. The summed E-state index contributed by atoms with van der Waals surface area (Å²) < 4.78 is 17.7. The number of benzene rings is 3. The van der Waals surface area contributed by atoms with E-state index >= 15 is 0 Å². The van der Waals surface area contributed by atoms with Crippen molar-refractivity contribution in [1.82, 2.24) is 36.1 Å². The lowest BCUT2D eigenvalue weighted by Gasteiger charge is -2.32. The fourth-order valence-corrected chi connectivity index (χ4v) is 8.13. The van der Waals surface area contributed by atoms with Crippen LogP contribution in [0.3, 0.4) is 0 Å². The molecule has 3 aromatic carbocycles. The quantitative estimate of drug-likeness (QED) is 0.0785. The molecule has 4 bridgehead atoms. The molecule has 1 aromatic heterocycles. The number of likely N-dealkylation sites (N-methyl/N-ethyl adjacent to an activating group) is 1. The second-order valence-electron chi connectivity index (χ2n) is 16.4. The highest BCUT2D eigenvalue weighted by Crippen LogP contribution is 2.40. The topological polar surface area (TPSA) is 292 Å². The molecule has 0 saturated carbocycles. The third-order valence-electron chi connectivity index (χ3n) is 11.7. The van der Waals surface area contributed by atoms with E-state index in [2.05, 4.69) is 43.4 Å². The highest BCUT2D eigenvalue weighted by atomic mass is 16.5. The van der Waals surface area contributed by atoms with Crippen molar-refractivity contribution >= 4 is 29.5 Å². The average molecular weight is 918 g/mol. The molecule has 4 atom stereocenters. The van der Waals surface area contributed by atoms with Gasteiger partial charge in [0.1, 0.15) is 55.4 Å². The maximum Gasteiger partial charge on any atom is 0.255 e. The average Bonchev–Trinajstić information content (AvgIpc) is 3.34. The molecule has 5 amide bonds. The summed E-state index contributed by atoms with van der Waals surface area (Å²) >= 11 is 0. The second-order valence-corrected chi connectivity index (χ2v) is 16.4. The molecule has 0 aliphatic carbocycles. The molecule has 19 heteroatoms. The molecule has 1 fully saturated rings. The molecule has 67 heavy (non-hydrogen) atoms. The number of nitrogens with two attached hydrogens (primary N) is 3. The summed E-state index contributed by atoms with van der Waals surface area (Å²) in [5.41, 5.74) is 22.1. The molecule has 0 radical (unpaired) electrons. The standard InChI is InChI=1S/C48H59N11O8/c1-28-37(27-54-43(55-28)33-7-5-31(6-8-33)32-13-20-65-21-14-32)45(61)57-38(12-15-49)48(64)59(3)42-34-9-11-41(67-23-18-52)36(26-34)35-24-30(4-10-40(35)66-22-17-51)25-39(46(62)53-19-16-50)58-44(60)29(2)56-47(42)63/h4-11,24,26-27,29,32,38-39,42H,12-15,17-23,25,49,51-52H2,1-3H3,(H,53,62)(H,56,63)(H,57,61)(H,58,60)/t29-,38?,39-,42-/m0/s1. The molecule has 2 aliphatic rings. The third-order valence-corrected chi connectivity index (χ3v) is 11.7. The van der Waals surface area contributed by atoms with Crippen molar-refractivity contribution in [2.75, 3.05) is 59.7 Å². The Bertz CT molecular complexity index is 2460. The molecule has 6 rings (SSSR count). The molecule has 1 saturated heterocycles. The summed E-state index contributed by atoms with van der Waals surface area (Å²) in [6.45, 7) is 4.96. The number of aromatic nitrogens is 2. The van der Waals surface area contributed by atoms with Crippen LogP contribution < -0.4 is 47.9 Å². The monoisotopic (exact) mass is 917 g/mol. The number of rotatable bonds is 16. The largest absolute Gasteiger partial charge is 0.492 e. The van der Waals surface area contributed by atoms with Crippen LogP contribution in [-0.2, 0) is 30.3 Å². The number of nitrogens with one attached hydrogen (secondary N) is 4. The molecular formula is C48H59N11O8. The Morgan fingerprint density at radius 2 is 1.57 bits per heavy atom. The lowest BCUT2D eigenvalue weighted by molar-refractivity contribution is -0.141. The minimum absolute atomic E-state index is 0.000517. The number of carbonyl (C=O) groups excluding carboxylic acids is 5. The van der Waals surface area contributed by atoms with Gasteiger partial charge in [0, 0.05) is 62.7 Å². The minimum Gasteiger partial charge on any atom is -0.492 e. The Hall–Kier alpha value is -6.98. The van der Waals surface area contributed by atoms with Crippen LogP contribution in [0.2, 0.25) is 0 Å². The summed E-state index contributed by atoms with van der Waals surface area (Å²) in [6.07, 6.45) is 3.34. The summed E-state index contributed by atoms with van der Waals surface area (Å²) in [5.74, 6) is -1.73. The van der Waals surface area contributed by atoms with Crippen molar-refractivity contribution in [3.05, 3.63) is 94.8 Å². The summed E-state index contributed by atoms with van der Waals surface area (Å²) in [6, 6.07) is 15.1. The van der Waals surface area contributed by atoms with Crippen molar-refractivity contribution in [2.24, 2.45) is 17.2 Å². The fraction of sp³-hybridized carbons (Fsp3) is 0.417. The lowest BCUT2D eigenvalue weighted by Crippen LogP contribution is -2.56.